The first-order valence-corrected chi connectivity index (χ1v) is 7.64. The molecule has 3 nitrogen and oxygen atoms in total. The van der Waals surface area contributed by atoms with E-state index in [4.69, 9.17) is 11.6 Å². The van der Waals surface area contributed by atoms with Crippen molar-refractivity contribution in [2.45, 2.75) is 51.7 Å². The fourth-order valence-electron chi connectivity index (χ4n) is 2.72. The van der Waals surface area contributed by atoms with Gasteiger partial charge in [0.05, 0.1) is 5.02 Å². The van der Waals surface area contributed by atoms with Crippen LogP contribution in [-0.4, -0.2) is 35.1 Å². The monoisotopic (exact) mass is 281 g/mol. The Morgan fingerprint density at radius 1 is 1.53 bits per heavy atom. The Hall–Kier alpha value is -0.640. The maximum absolute atomic E-state index is 6.22. The van der Waals surface area contributed by atoms with Gasteiger partial charge < -0.3 is 5.32 Å². The van der Waals surface area contributed by atoms with Crippen LogP contribution in [0.4, 0.5) is 0 Å². The molecule has 4 heteroatoms. The molecule has 1 aliphatic rings. The van der Waals surface area contributed by atoms with Crippen LogP contribution in [0.15, 0.2) is 18.5 Å². The van der Waals surface area contributed by atoms with Crippen LogP contribution < -0.4 is 5.32 Å². The van der Waals surface area contributed by atoms with E-state index in [2.05, 4.69) is 29.0 Å². The maximum atomic E-state index is 6.22. The van der Waals surface area contributed by atoms with E-state index in [1.807, 2.05) is 12.3 Å². The Morgan fingerprint density at radius 3 is 3.11 bits per heavy atom. The lowest BCUT2D eigenvalue weighted by atomic mass is 10.1. The molecular formula is C15H24ClN3. The molecule has 0 aromatic carbocycles. The van der Waals surface area contributed by atoms with Crippen molar-refractivity contribution >= 4 is 11.6 Å². The summed E-state index contributed by atoms with van der Waals surface area (Å²) in [5.74, 6) is 0. The van der Waals surface area contributed by atoms with E-state index < -0.39 is 0 Å². The third kappa shape index (κ3) is 4.16. The molecule has 0 aliphatic carbocycles. The van der Waals surface area contributed by atoms with Gasteiger partial charge in [-0.1, -0.05) is 24.9 Å². The smallest absolute Gasteiger partial charge is 0.0634 e. The van der Waals surface area contributed by atoms with E-state index >= 15 is 0 Å². The van der Waals surface area contributed by atoms with Crippen molar-refractivity contribution in [2.24, 2.45) is 0 Å². The minimum atomic E-state index is 0.596. The third-order valence-electron chi connectivity index (χ3n) is 3.94. The molecule has 1 aromatic rings. The van der Waals surface area contributed by atoms with Crippen LogP contribution in [0.3, 0.4) is 0 Å². The molecule has 2 unspecified atom stereocenters. The lowest BCUT2D eigenvalue weighted by Crippen LogP contribution is -2.39. The highest BCUT2D eigenvalue weighted by Gasteiger charge is 2.22. The minimum Gasteiger partial charge on any atom is -0.313 e. The molecule has 1 fully saturated rings. The predicted molar refractivity (Wildman–Crippen MR) is 80.4 cm³/mol. The van der Waals surface area contributed by atoms with E-state index in [0.717, 1.165) is 24.7 Å². The van der Waals surface area contributed by atoms with Crippen molar-refractivity contribution in [3.05, 3.63) is 29.0 Å². The predicted octanol–water partition coefficient (Wildman–Crippen LogP) is 3.09. The summed E-state index contributed by atoms with van der Waals surface area (Å²) in [6, 6.07) is 3.23. The second-order valence-corrected chi connectivity index (χ2v) is 5.88. The topological polar surface area (TPSA) is 28.2 Å². The first-order chi connectivity index (χ1) is 9.20. The van der Waals surface area contributed by atoms with Gasteiger partial charge in [0.15, 0.2) is 0 Å². The number of halogens is 1. The molecule has 1 aromatic heterocycles. The normalized spacial score (nSPS) is 25.2. The zero-order chi connectivity index (χ0) is 13.7. The first-order valence-electron chi connectivity index (χ1n) is 7.26. The Kier molecular flexibility index (Phi) is 5.61. The summed E-state index contributed by atoms with van der Waals surface area (Å²) >= 11 is 6.22. The van der Waals surface area contributed by atoms with Crippen LogP contribution in [-0.2, 0) is 6.54 Å². The van der Waals surface area contributed by atoms with Crippen LogP contribution in [0.5, 0.6) is 0 Å². The molecule has 0 amide bonds. The van der Waals surface area contributed by atoms with Crippen molar-refractivity contribution in [1.82, 2.24) is 15.2 Å². The Bertz CT molecular complexity index is 397. The molecular weight excluding hydrogens is 258 g/mol. The number of aromatic nitrogens is 1. The van der Waals surface area contributed by atoms with Crippen LogP contribution >= 0.6 is 11.6 Å². The molecule has 1 saturated heterocycles. The van der Waals surface area contributed by atoms with Gasteiger partial charge in [0.25, 0.3) is 0 Å². The maximum Gasteiger partial charge on any atom is 0.0634 e. The summed E-state index contributed by atoms with van der Waals surface area (Å²) in [5, 5.41) is 4.43. The van der Waals surface area contributed by atoms with E-state index in [-0.39, 0.29) is 0 Å². The Morgan fingerprint density at radius 2 is 2.37 bits per heavy atom. The molecule has 0 radical (unpaired) electrons. The van der Waals surface area contributed by atoms with Crippen molar-refractivity contribution in [2.75, 3.05) is 13.1 Å². The third-order valence-corrected chi connectivity index (χ3v) is 4.28. The van der Waals surface area contributed by atoms with Gasteiger partial charge in [-0.05, 0) is 37.9 Å². The molecule has 0 spiro atoms. The second kappa shape index (κ2) is 7.22. The molecule has 2 rings (SSSR count). The van der Waals surface area contributed by atoms with E-state index in [9.17, 15) is 0 Å². The van der Waals surface area contributed by atoms with E-state index in [1.54, 1.807) is 6.20 Å². The van der Waals surface area contributed by atoms with Gasteiger partial charge in [-0.2, -0.15) is 0 Å². The highest BCUT2D eigenvalue weighted by Crippen LogP contribution is 2.20. The second-order valence-electron chi connectivity index (χ2n) is 5.47. The molecule has 2 heterocycles. The highest BCUT2D eigenvalue weighted by molar-refractivity contribution is 6.31. The van der Waals surface area contributed by atoms with E-state index in [0.29, 0.717) is 12.1 Å². The molecule has 1 N–H and O–H groups in total. The van der Waals surface area contributed by atoms with Crippen molar-refractivity contribution in [3.8, 4) is 0 Å². The lowest BCUT2D eigenvalue weighted by Gasteiger charge is -2.29. The van der Waals surface area contributed by atoms with Crippen LogP contribution in [0.25, 0.3) is 0 Å². The Labute approximate surface area is 121 Å². The standard InChI is InChI=1S/C15H24ClN3/c1-3-4-14-11-19(12(2)5-8-18-14)10-13-6-7-17-9-15(13)16/h6-7,9,12,14,18H,3-5,8,10-11H2,1-2H3. The van der Waals surface area contributed by atoms with Gasteiger partial charge in [-0.25, -0.2) is 0 Å². The summed E-state index contributed by atoms with van der Waals surface area (Å²) in [5.41, 5.74) is 1.18. The highest BCUT2D eigenvalue weighted by atomic mass is 35.5. The summed E-state index contributed by atoms with van der Waals surface area (Å²) in [4.78, 5) is 6.60. The average molecular weight is 282 g/mol. The number of hydrogen-bond donors (Lipinski definition) is 1. The van der Waals surface area contributed by atoms with Crippen molar-refractivity contribution in [1.29, 1.82) is 0 Å². The van der Waals surface area contributed by atoms with Crippen molar-refractivity contribution in [3.63, 3.8) is 0 Å². The summed E-state index contributed by atoms with van der Waals surface area (Å²) in [6.45, 7) is 7.70. The number of nitrogens with zero attached hydrogens (tertiary/aromatic N) is 2. The molecule has 19 heavy (non-hydrogen) atoms. The Balaban J connectivity index is 2.05. The zero-order valence-corrected chi connectivity index (χ0v) is 12.7. The minimum absolute atomic E-state index is 0.596. The van der Waals surface area contributed by atoms with Crippen LogP contribution in [0.1, 0.15) is 38.7 Å². The van der Waals surface area contributed by atoms with Gasteiger partial charge in [0.1, 0.15) is 0 Å². The van der Waals surface area contributed by atoms with E-state index in [1.165, 1.54) is 24.8 Å². The number of nitrogens with one attached hydrogen (secondary N) is 1. The molecule has 1 aliphatic heterocycles. The fraction of sp³-hybridized carbons (Fsp3) is 0.667. The molecule has 0 bridgehead atoms. The SMILES string of the molecule is CCCC1CN(Cc2ccncc2Cl)C(C)CCN1. The zero-order valence-electron chi connectivity index (χ0n) is 11.9. The molecule has 106 valence electrons. The average Bonchev–Trinajstić information content (AvgIpc) is 2.56. The number of pyridine rings is 1. The van der Waals surface area contributed by atoms with Gasteiger partial charge >= 0.3 is 0 Å². The van der Waals surface area contributed by atoms with Crippen LogP contribution in [0, 0.1) is 0 Å². The summed E-state index contributed by atoms with van der Waals surface area (Å²) < 4.78 is 0. The van der Waals surface area contributed by atoms with Crippen LogP contribution in [0.2, 0.25) is 5.02 Å². The fourth-order valence-corrected chi connectivity index (χ4v) is 2.90. The summed E-state index contributed by atoms with van der Waals surface area (Å²) in [6.07, 6.45) is 7.23. The first kappa shape index (κ1) is 14.8. The number of rotatable bonds is 4. The quantitative estimate of drug-likeness (QED) is 0.919. The molecule has 2 atom stereocenters. The number of hydrogen-bond acceptors (Lipinski definition) is 3. The van der Waals surface area contributed by atoms with Gasteiger partial charge in [0.2, 0.25) is 0 Å². The van der Waals surface area contributed by atoms with Crippen molar-refractivity contribution < 1.29 is 0 Å². The van der Waals surface area contributed by atoms with Gasteiger partial charge in [-0.15, -0.1) is 0 Å². The van der Waals surface area contributed by atoms with Gasteiger partial charge in [-0.3, -0.25) is 9.88 Å². The largest absolute Gasteiger partial charge is 0.313 e. The lowest BCUT2D eigenvalue weighted by molar-refractivity contribution is 0.193. The summed E-state index contributed by atoms with van der Waals surface area (Å²) in [7, 11) is 0. The molecule has 0 saturated carbocycles. The van der Waals surface area contributed by atoms with Gasteiger partial charge in [0, 0.05) is 37.6 Å².